The number of nitrogens with zero attached hydrogens (tertiary/aromatic N) is 3. The van der Waals surface area contributed by atoms with E-state index in [9.17, 15) is 4.79 Å². The average Bonchev–Trinajstić information content (AvgIpc) is 3.05. The Labute approximate surface area is 141 Å². The van der Waals surface area contributed by atoms with E-state index in [1.165, 1.54) is 5.56 Å². The lowest BCUT2D eigenvalue weighted by Gasteiger charge is -2.16. The zero-order valence-corrected chi connectivity index (χ0v) is 14.1. The predicted octanol–water partition coefficient (Wildman–Crippen LogP) is 3.37. The minimum absolute atomic E-state index is 0.0719. The standard InChI is InChI=1S/C19H22N4O/c1-3-14(15-8-6-5-7-9-15)13-20-19(24)16-10-11-18-17(12-16)21-22-23(18)4-2/h5-12,14H,3-4,13H2,1-2H3,(H,20,24). The second-order valence-corrected chi connectivity index (χ2v) is 5.83. The number of benzene rings is 2. The Morgan fingerprint density at radius 3 is 2.67 bits per heavy atom. The first-order valence-electron chi connectivity index (χ1n) is 8.39. The fourth-order valence-electron chi connectivity index (χ4n) is 2.89. The molecule has 1 atom stereocenters. The predicted molar refractivity (Wildman–Crippen MR) is 95.0 cm³/mol. The maximum Gasteiger partial charge on any atom is 0.251 e. The Bertz CT molecular complexity index is 826. The van der Waals surface area contributed by atoms with E-state index in [2.05, 4.69) is 34.7 Å². The summed E-state index contributed by atoms with van der Waals surface area (Å²) in [7, 11) is 0. The van der Waals surface area contributed by atoms with E-state index in [0.717, 1.165) is 24.0 Å². The number of aromatic nitrogens is 3. The van der Waals surface area contributed by atoms with Crippen LogP contribution in [0.15, 0.2) is 48.5 Å². The quantitative estimate of drug-likeness (QED) is 0.757. The molecule has 5 nitrogen and oxygen atoms in total. The van der Waals surface area contributed by atoms with Crippen LogP contribution in [-0.2, 0) is 6.54 Å². The molecule has 5 heteroatoms. The largest absolute Gasteiger partial charge is 0.351 e. The van der Waals surface area contributed by atoms with Gasteiger partial charge in [0.05, 0.1) is 5.52 Å². The van der Waals surface area contributed by atoms with Crippen LogP contribution in [0.25, 0.3) is 11.0 Å². The Kier molecular flexibility index (Phi) is 4.89. The van der Waals surface area contributed by atoms with Gasteiger partial charge in [0.15, 0.2) is 0 Å². The molecule has 3 aromatic rings. The number of aryl methyl sites for hydroxylation is 1. The molecule has 0 radical (unpaired) electrons. The third-order valence-corrected chi connectivity index (χ3v) is 4.35. The van der Waals surface area contributed by atoms with Crippen LogP contribution in [0.3, 0.4) is 0 Å². The van der Waals surface area contributed by atoms with Crippen LogP contribution in [0.5, 0.6) is 0 Å². The molecule has 0 saturated heterocycles. The van der Waals surface area contributed by atoms with Crippen LogP contribution >= 0.6 is 0 Å². The molecule has 2 aromatic carbocycles. The molecule has 1 heterocycles. The van der Waals surface area contributed by atoms with Gasteiger partial charge in [0.1, 0.15) is 5.52 Å². The van der Waals surface area contributed by atoms with Crippen molar-refractivity contribution in [1.29, 1.82) is 0 Å². The summed E-state index contributed by atoms with van der Waals surface area (Å²) in [6, 6.07) is 15.8. The molecule has 1 amide bonds. The SMILES string of the molecule is CCC(CNC(=O)c1ccc2c(c1)nnn2CC)c1ccccc1. The van der Waals surface area contributed by atoms with Gasteiger partial charge in [-0.15, -0.1) is 5.10 Å². The topological polar surface area (TPSA) is 59.8 Å². The second kappa shape index (κ2) is 7.25. The molecular weight excluding hydrogens is 300 g/mol. The van der Waals surface area contributed by atoms with Crippen LogP contribution in [0, 0.1) is 0 Å². The minimum Gasteiger partial charge on any atom is -0.351 e. The highest BCUT2D eigenvalue weighted by Crippen LogP contribution is 2.18. The maximum atomic E-state index is 12.5. The van der Waals surface area contributed by atoms with Gasteiger partial charge in [-0.1, -0.05) is 42.5 Å². The molecule has 124 valence electrons. The van der Waals surface area contributed by atoms with E-state index < -0.39 is 0 Å². The third-order valence-electron chi connectivity index (χ3n) is 4.35. The summed E-state index contributed by atoms with van der Waals surface area (Å²) in [6.45, 7) is 5.54. The van der Waals surface area contributed by atoms with Crippen molar-refractivity contribution >= 4 is 16.9 Å². The van der Waals surface area contributed by atoms with Gasteiger partial charge in [0.2, 0.25) is 0 Å². The van der Waals surface area contributed by atoms with Crippen molar-refractivity contribution in [3.05, 3.63) is 59.7 Å². The zero-order valence-electron chi connectivity index (χ0n) is 14.1. The fraction of sp³-hybridized carbons (Fsp3) is 0.316. The van der Waals surface area contributed by atoms with E-state index in [0.29, 0.717) is 18.0 Å². The number of amides is 1. The summed E-state index contributed by atoms with van der Waals surface area (Å²) in [6.07, 6.45) is 0.980. The fourth-order valence-corrected chi connectivity index (χ4v) is 2.89. The first-order valence-corrected chi connectivity index (χ1v) is 8.39. The Hall–Kier alpha value is -2.69. The molecule has 1 aromatic heterocycles. The van der Waals surface area contributed by atoms with Gasteiger partial charge >= 0.3 is 0 Å². The molecule has 0 aliphatic carbocycles. The van der Waals surface area contributed by atoms with E-state index in [4.69, 9.17) is 0 Å². The summed E-state index contributed by atoms with van der Waals surface area (Å²) in [5, 5.41) is 11.2. The van der Waals surface area contributed by atoms with Gasteiger partial charge < -0.3 is 5.32 Å². The van der Waals surface area contributed by atoms with Crippen LogP contribution in [0.1, 0.15) is 42.1 Å². The summed E-state index contributed by atoms with van der Waals surface area (Å²) >= 11 is 0. The van der Waals surface area contributed by atoms with E-state index in [1.807, 2.05) is 41.9 Å². The summed E-state index contributed by atoms with van der Waals surface area (Å²) < 4.78 is 1.82. The molecule has 1 unspecified atom stereocenters. The van der Waals surface area contributed by atoms with Crippen molar-refractivity contribution in [2.75, 3.05) is 6.54 Å². The molecule has 0 aliphatic rings. The van der Waals surface area contributed by atoms with Gasteiger partial charge in [-0.3, -0.25) is 4.79 Å². The van der Waals surface area contributed by atoms with Gasteiger partial charge in [-0.25, -0.2) is 4.68 Å². The summed E-state index contributed by atoms with van der Waals surface area (Å²) in [4.78, 5) is 12.5. The molecule has 1 N–H and O–H groups in total. The highest BCUT2D eigenvalue weighted by atomic mass is 16.1. The minimum atomic E-state index is -0.0719. The molecule has 0 fully saturated rings. The van der Waals surface area contributed by atoms with Crippen LogP contribution in [0.2, 0.25) is 0 Å². The molecule has 3 rings (SSSR count). The molecule has 0 aliphatic heterocycles. The number of hydrogen-bond acceptors (Lipinski definition) is 3. The van der Waals surface area contributed by atoms with Crippen molar-refractivity contribution in [1.82, 2.24) is 20.3 Å². The van der Waals surface area contributed by atoms with E-state index in [1.54, 1.807) is 6.07 Å². The van der Waals surface area contributed by atoms with Crippen molar-refractivity contribution in [2.45, 2.75) is 32.7 Å². The molecule has 0 spiro atoms. The van der Waals surface area contributed by atoms with Gasteiger partial charge in [-0.05, 0) is 37.1 Å². The summed E-state index contributed by atoms with van der Waals surface area (Å²) in [5.41, 5.74) is 3.57. The number of fused-ring (bicyclic) bond motifs is 1. The van der Waals surface area contributed by atoms with Gasteiger partial charge in [0, 0.05) is 24.6 Å². The van der Waals surface area contributed by atoms with Crippen molar-refractivity contribution in [2.24, 2.45) is 0 Å². The average molecular weight is 322 g/mol. The van der Waals surface area contributed by atoms with E-state index in [-0.39, 0.29) is 5.91 Å². The Morgan fingerprint density at radius 2 is 1.96 bits per heavy atom. The number of carbonyl (C=O) groups is 1. The van der Waals surface area contributed by atoms with Crippen LogP contribution < -0.4 is 5.32 Å². The lowest BCUT2D eigenvalue weighted by atomic mass is 9.96. The lowest BCUT2D eigenvalue weighted by Crippen LogP contribution is -2.28. The maximum absolute atomic E-state index is 12.5. The smallest absolute Gasteiger partial charge is 0.251 e. The normalized spacial score (nSPS) is 12.2. The van der Waals surface area contributed by atoms with Gasteiger partial charge in [0.25, 0.3) is 5.91 Å². The van der Waals surface area contributed by atoms with E-state index >= 15 is 0 Å². The Balaban J connectivity index is 1.70. The van der Waals surface area contributed by atoms with Gasteiger partial charge in [-0.2, -0.15) is 0 Å². The highest BCUT2D eigenvalue weighted by Gasteiger charge is 2.13. The number of nitrogens with one attached hydrogen (secondary N) is 1. The van der Waals surface area contributed by atoms with Crippen molar-refractivity contribution in [3.8, 4) is 0 Å². The van der Waals surface area contributed by atoms with Crippen LogP contribution in [-0.4, -0.2) is 27.4 Å². The number of rotatable bonds is 6. The van der Waals surface area contributed by atoms with Crippen molar-refractivity contribution in [3.63, 3.8) is 0 Å². The molecule has 24 heavy (non-hydrogen) atoms. The molecule has 0 saturated carbocycles. The van der Waals surface area contributed by atoms with Crippen molar-refractivity contribution < 1.29 is 4.79 Å². The van der Waals surface area contributed by atoms with Crippen LogP contribution in [0.4, 0.5) is 0 Å². The second-order valence-electron chi connectivity index (χ2n) is 5.83. The monoisotopic (exact) mass is 322 g/mol. The molecule has 0 bridgehead atoms. The number of hydrogen-bond donors (Lipinski definition) is 1. The third kappa shape index (κ3) is 3.30. The zero-order chi connectivity index (χ0) is 16.9. The lowest BCUT2D eigenvalue weighted by molar-refractivity contribution is 0.0951. The first kappa shape index (κ1) is 16.2. The first-order chi connectivity index (χ1) is 11.7. The summed E-state index contributed by atoms with van der Waals surface area (Å²) in [5.74, 6) is 0.247. The highest BCUT2D eigenvalue weighted by molar-refractivity contribution is 5.97. The number of carbonyl (C=O) groups excluding carboxylic acids is 1. The molecular formula is C19H22N4O. The Morgan fingerprint density at radius 1 is 1.17 bits per heavy atom.